The van der Waals surface area contributed by atoms with Crippen molar-refractivity contribution in [3.05, 3.63) is 70.0 Å². The van der Waals surface area contributed by atoms with Gasteiger partial charge in [0.15, 0.2) is 5.16 Å². The maximum absolute atomic E-state index is 13.1. The first-order valence-corrected chi connectivity index (χ1v) is 10.8. The minimum atomic E-state index is -0.0348. The number of aryl methyl sites for hydroxylation is 2. The highest BCUT2D eigenvalue weighted by atomic mass is 32.2. The smallest absolute Gasteiger partial charge is 0.262 e. The molecule has 4 aromatic rings. The van der Waals surface area contributed by atoms with E-state index in [1.807, 2.05) is 41.7 Å². The number of benzene rings is 2. The summed E-state index contributed by atoms with van der Waals surface area (Å²) in [5, 5.41) is 10.3. The molecule has 0 unspecified atom stereocenters. The Balaban J connectivity index is 1.76. The summed E-state index contributed by atoms with van der Waals surface area (Å²) in [4.78, 5) is 13.1. The lowest BCUT2D eigenvalue weighted by atomic mass is 10.1. The number of hydrogen-bond donors (Lipinski definition) is 0. The molecule has 0 N–H and O–H groups in total. The zero-order valence-corrected chi connectivity index (χ0v) is 17.5. The van der Waals surface area contributed by atoms with Gasteiger partial charge in [0.05, 0.1) is 10.9 Å². The molecule has 0 bridgehead atoms. The molecule has 7 heteroatoms. The van der Waals surface area contributed by atoms with Gasteiger partial charge in [-0.25, -0.2) is 0 Å². The van der Waals surface area contributed by atoms with Crippen molar-refractivity contribution in [3.63, 3.8) is 0 Å². The first-order valence-electron chi connectivity index (χ1n) is 9.82. The van der Waals surface area contributed by atoms with Gasteiger partial charge in [-0.1, -0.05) is 48.2 Å². The number of nitrogens with zero attached hydrogens (tertiary/aromatic N) is 4. The molecule has 29 heavy (non-hydrogen) atoms. The second kappa shape index (κ2) is 8.80. The van der Waals surface area contributed by atoms with E-state index in [-0.39, 0.29) is 5.56 Å². The summed E-state index contributed by atoms with van der Waals surface area (Å²) >= 11 is 1.63. The van der Waals surface area contributed by atoms with E-state index < -0.39 is 0 Å². The fourth-order valence-electron chi connectivity index (χ4n) is 3.41. The van der Waals surface area contributed by atoms with Crippen LogP contribution in [0.15, 0.2) is 58.5 Å². The second-order valence-electron chi connectivity index (χ2n) is 6.86. The van der Waals surface area contributed by atoms with Gasteiger partial charge in [0.2, 0.25) is 5.78 Å². The molecular weight excluding hydrogens is 384 g/mol. The van der Waals surface area contributed by atoms with Crippen LogP contribution in [0.4, 0.5) is 0 Å². The summed E-state index contributed by atoms with van der Waals surface area (Å²) < 4.78 is 9.15. The number of aromatic nitrogens is 4. The van der Waals surface area contributed by atoms with Crippen LogP contribution in [-0.2, 0) is 17.0 Å². The molecule has 0 aliphatic heterocycles. The van der Waals surface area contributed by atoms with Gasteiger partial charge in [0, 0.05) is 25.5 Å². The fraction of sp³-hybridized carbons (Fsp3) is 0.318. The lowest BCUT2D eigenvalue weighted by Crippen LogP contribution is -2.24. The van der Waals surface area contributed by atoms with Crippen LogP contribution in [0.1, 0.15) is 24.5 Å². The van der Waals surface area contributed by atoms with Gasteiger partial charge in [-0.15, -0.1) is 10.2 Å². The Morgan fingerprint density at radius 1 is 1.07 bits per heavy atom. The van der Waals surface area contributed by atoms with Gasteiger partial charge < -0.3 is 4.74 Å². The molecule has 0 spiro atoms. The highest BCUT2D eigenvalue weighted by molar-refractivity contribution is 7.98. The van der Waals surface area contributed by atoms with E-state index >= 15 is 0 Å². The Kier molecular flexibility index (Phi) is 5.97. The summed E-state index contributed by atoms with van der Waals surface area (Å²) in [5.41, 5.74) is 3.33. The van der Waals surface area contributed by atoms with E-state index in [4.69, 9.17) is 4.74 Å². The molecule has 0 aliphatic rings. The summed E-state index contributed by atoms with van der Waals surface area (Å²) in [7, 11) is 0. The standard InChI is InChI=1S/C22H24N4O2S/c1-3-28-14-8-13-25-20(27)18-11-6-7-12-19(18)26-21(25)23-24-22(26)29-15-17-10-5-4-9-16(17)2/h4-7,9-12H,3,8,13-15H2,1-2H3. The lowest BCUT2D eigenvalue weighted by molar-refractivity contribution is 0.141. The van der Waals surface area contributed by atoms with Gasteiger partial charge in [-0.2, -0.15) is 0 Å². The minimum absolute atomic E-state index is 0.0348. The van der Waals surface area contributed by atoms with Crippen molar-refractivity contribution in [1.29, 1.82) is 0 Å². The first-order chi connectivity index (χ1) is 14.2. The van der Waals surface area contributed by atoms with E-state index in [1.54, 1.807) is 16.3 Å². The van der Waals surface area contributed by atoms with E-state index in [0.29, 0.717) is 30.9 Å². The van der Waals surface area contributed by atoms with Crippen molar-refractivity contribution < 1.29 is 4.74 Å². The van der Waals surface area contributed by atoms with Gasteiger partial charge >= 0.3 is 0 Å². The number of rotatable bonds is 8. The number of para-hydroxylation sites is 1. The van der Waals surface area contributed by atoms with Crippen LogP contribution in [0.25, 0.3) is 16.7 Å². The average Bonchev–Trinajstić information content (AvgIpc) is 3.16. The van der Waals surface area contributed by atoms with E-state index in [9.17, 15) is 4.79 Å². The summed E-state index contributed by atoms with van der Waals surface area (Å²) in [6.07, 6.45) is 0.750. The lowest BCUT2D eigenvalue weighted by Gasteiger charge is -2.11. The van der Waals surface area contributed by atoms with Crippen LogP contribution in [0, 0.1) is 6.92 Å². The molecule has 0 aliphatic carbocycles. The quantitative estimate of drug-likeness (QED) is 0.325. The van der Waals surface area contributed by atoms with Gasteiger partial charge in [0.1, 0.15) is 0 Å². The molecule has 0 fully saturated rings. The molecule has 150 valence electrons. The summed E-state index contributed by atoms with van der Waals surface area (Å²) in [6.45, 7) is 5.92. The third-order valence-corrected chi connectivity index (χ3v) is 5.95. The first kappa shape index (κ1) is 19.7. The molecule has 0 saturated carbocycles. The van der Waals surface area contributed by atoms with E-state index in [1.165, 1.54) is 11.1 Å². The zero-order valence-electron chi connectivity index (χ0n) is 16.7. The van der Waals surface area contributed by atoms with E-state index in [0.717, 1.165) is 22.8 Å². The van der Waals surface area contributed by atoms with Crippen LogP contribution in [-0.4, -0.2) is 32.4 Å². The van der Waals surface area contributed by atoms with Gasteiger partial charge in [0.25, 0.3) is 5.56 Å². The Bertz CT molecular complexity index is 1200. The molecule has 0 saturated heterocycles. The molecule has 4 rings (SSSR count). The Labute approximate surface area is 173 Å². The predicted molar refractivity (Wildman–Crippen MR) is 117 cm³/mol. The maximum Gasteiger partial charge on any atom is 0.262 e. The van der Waals surface area contributed by atoms with Crippen LogP contribution in [0.3, 0.4) is 0 Å². The minimum Gasteiger partial charge on any atom is -0.382 e. The number of fused-ring (bicyclic) bond motifs is 3. The fourth-order valence-corrected chi connectivity index (χ4v) is 4.43. The highest BCUT2D eigenvalue weighted by Gasteiger charge is 2.16. The largest absolute Gasteiger partial charge is 0.382 e. The molecule has 0 amide bonds. The Morgan fingerprint density at radius 3 is 2.69 bits per heavy atom. The molecule has 0 atom stereocenters. The third-order valence-electron chi connectivity index (χ3n) is 4.97. The normalized spacial score (nSPS) is 11.5. The number of hydrogen-bond acceptors (Lipinski definition) is 5. The molecule has 2 aromatic carbocycles. The number of ether oxygens (including phenoxy) is 1. The van der Waals surface area contributed by atoms with Crippen molar-refractivity contribution in [2.45, 2.75) is 37.7 Å². The van der Waals surface area contributed by atoms with Crippen molar-refractivity contribution in [3.8, 4) is 0 Å². The van der Waals surface area contributed by atoms with E-state index in [2.05, 4.69) is 35.3 Å². The molecular formula is C22H24N4O2S. The van der Waals surface area contributed by atoms with Crippen molar-refractivity contribution in [2.75, 3.05) is 13.2 Å². The highest BCUT2D eigenvalue weighted by Crippen LogP contribution is 2.25. The van der Waals surface area contributed by atoms with Crippen molar-refractivity contribution >= 4 is 28.4 Å². The molecule has 2 aromatic heterocycles. The Hall–Kier alpha value is -2.64. The molecule has 6 nitrogen and oxygen atoms in total. The second-order valence-corrected chi connectivity index (χ2v) is 7.80. The number of thioether (sulfide) groups is 1. The van der Waals surface area contributed by atoms with Gasteiger partial charge in [-0.3, -0.25) is 13.8 Å². The van der Waals surface area contributed by atoms with Crippen LogP contribution < -0.4 is 5.56 Å². The van der Waals surface area contributed by atoms with Crippen LogP contribution in [0.5, 0.6) is 0 Å². The van der Waals surface area contributed by atoms with Crippen molar-refractivity contribution in [1.82, 2.24) is 19.2 Å². The maximum atomic E-state index is 13.1. The third kappa shape index (κ3) is 3.93. The van der Waals surface area contributed by atoms with Crippen molar-refractivity contribution in [2.24, 2.45) is 0 Å². The SMILES string of the molecule is CCOCCCn1c(=O)c2ccccc2n2c(SCc3ccccc3C)nnc12. The monoisotopic (exact) mass is 408 g/mol. The molecule has 2 heterocycles. The predicted octanol–water partition coefficient (Wildman–Crippen LogP) is 4.07. The Morgan fingerprint density at radius 2 is 1.86 bits per heavy atom. The van der Waals surface area contributed by atoms with Crippen LogP contribution >= 0.6 is 11.8 Å². The summed E-state index contributed by atoms with van der Waals surface area (Å²) in [5.74, 6) is 1.38. The average molecular weight is 409 g/mol. The molecule has 0 radical (unpaired) electrons. The van der Waals surface area contributed by atoms with Gasteiger partial charge in [-0.05, 0) is 43.5 Å². The summed E-state index contributed by atoms with van der Waals surface area (Å²) in [6, 6.07) is 16.0. The zero-order chi connectivity index (χ0) is 20.2. The topological polar surface area (TPSA) is 61.4 Å². The van der Waals surface area contributed by atoms with Crippen LogP contribution in [0.2, 0.25) is 0 Å².